The van der Waals surface area contributed by atoms with Crippen LogP contribution in [0.4, 0.5) is 5.13 Å². The first-order valence-corrected chi connectivity index (χ1v) is 9.75. The summed E-state index contributed by atoms with van der Waals surface area (Å²) >= 11 is 13.5. The molecular weight excluding hydrogens is 419 g/mol. The van der Waals surface area contributed by atoms with Gasteiger partial charge in [-0.2, -0.15) is 0 Å². The lowest BCUT2D eigenvalue weighted by Crippen LogP contribution is -2.07. The van der Waals surface area contributed by atoms with Crippen LogP contribution in [0.1, 0.15) is 5.56 Å². The van der Waals surface area contributed by atoms with Crippen LogP contribution in [0, 0.1) is 0 Å². The number of benzene rings is 2. The van der Waals surface area contributed by atoms with Gasteiger partial charge in [0, 0.05) is 27.6 Å². The Labute approximate surface area is 176 Å². The summed E-state index contributed by atoms with van der Waals surface area (Å²) in [5.74, 6) is 0.897. The van der Waals surface area contributed by atoms with Crippen LogP contribution in [0.15, 0.2) is 47.9 Å². The Morgan fingerprint density at radius 3 is 2.57 bits per heavy atom. The number of hydrogen-bond acceptors (Lipinski definition) is 5. The van der Waals surface area contributed by atoms with Crippen LogP contribution < -0.4 is 14.8 Å². The zero-order valence-corrected chi connectivity index (χ0v) is 17.4. The zero-order chi connectivity index (χ0) is 20.1. The summed E-state index contributed by atoms with van der Waals surface area (Å²) in [6.07, 6.45) is 2.96. The van der Waals surface area contributed by atoms with Gasteiger partial charge in [-0.05, 0) is 42.5 Å². The average Bonchev–Trinajstić information content (AvgIpc) is 3.14. The van der Waals surface area contributed by atoms with Crippen molar-refractivity contribution in [2.45, 2.75) is 0 Å². The number of halogens is 2. The van der Waals surface area contributed by atoms with Crippen molar-refractivity contribution in [2.24, 2.45) is 0 Å². The first kappa shape index (κ1) is 20.2. The Hall–Kier alpha value is -2.54. The van der Waals surface area contributed by atoms with Crippen LogP contribution in [0.3, 0.4) is 0 Å². The van der Waals surface area contributed by atoms with Gasteiger partial charge in [-0.1, -0.05) is 23.2 Å². The van der Waals surface area contributed by atoms with Gasteiger partial charge in [0.1, 0.15) is 11.5 Å². The van der Waals surface area contributed by atoms with E-state index in [4.69, 9.17) is 32.7 Å². The van der Waals surface area contributed by atoms with E-state index in [1.54, 1.807) is 25.3 Å². The molecule has 3 aromatic rings. The quantitative estimate of drug-likeness (QED) is 0.498. The summed E-state index contributed by atoms with van der Waals surface area (Å²) < 4.78 is 10.4. The van der Waals surface area contributed by atoms with E-state index in [-0.39, 0.29) is 5.91 Å². The van der Waals surface area contributed by atoms with Crippen molar-refractivity contribution in [2.75, 3.05) is 19.5 Å². The van der Waals surface area contributed by atoms with Gasteiger partial charge in [0.05, 0.1) is 24.9 Å². The highest BCUT2D eigenvalue weighted by Gasteiger charge is 2.09. The molecule has 0 saturated heterocycles. The van der Waals surface area contributed by atoms with E-state index in [1.807, 2.05) is 29.6 Å². The predicted octanol–water partition coefficient (Wildman–Crippen LogP) is 5.79. The highest BCUT2D eigenvalue weighted by atomic mass is 35.5. The van der Waals surface area contributed by atoms with E-state index in [0.29, 0.717) is 26.5 Å². The molecule has 0 fully saturated rings. The lowest BCUT2D eigenvalue weighted by molar-refractivity contribution is -0.111. The Morgan fingerprint density at radius 2 is 1.89 bits per heavy atom. The van der Waals surface area contributed by atoms with Gasteiger partial charge < -0.3 is 9.47 Å². The Kier molecular flexibility index (Phi) is 6.57. The molecule has 2 aromatic carbocycles. The minimum atomic E-state index is -0.325. The Bertz CT molecular complexity index is 1020. The van der Waals surface area contributed by atoms with Gasteiger partial charge in [0.2, 0.25) is 5.91 Å². The molecule has 1 heterocycles. The molecule has 3 rings (SSSR count). The van der Waals surface area contributed by atoms with Gasteiger partial charge in [-0.3, -0.25) is 10.1 Å². The zero-order valence-electron chi connectivity index (χ0n) is 15.0. The smallest absolute Gasteiger partial charge is 0.250 e. The van der Waals surface area contributed by atoms with E-state index in [2.05, 4.69) is 10.3 Å². The molecule has 1 amide bonds. The van der Waals surface area contributed by atoms with Crippen molar-refractivity contribution in [1.29, 1.82) is 0 Å². The van der Waals surface area contributed by atoms with Crippen LogP contribution in [-0.4, -0.2) is 25.1 Å². The molecule has 0 atom stereocenters. The van der Waals surface area contributed by atoms with Gasteiger partial charge in [0.15, 0.2) is 5.13 Å². The van der Waals surface area contributed by atoms with E-state index in [1.165, 1.54) is 24.5 Å². The predicted molar refractivity (Wildman–Crippen MR) is 115 cm³/mol. The van der Waals surface area contributed by atoms with Crippen molar-refractivity contribution < 1.29 is 14.3 Å². The molecular formula is C20H16Cl2N2O3S. The third-order valence-corrected chi connectivity index (χ3v) is 5.03. The average molecular weight is 435 g/mol. The second-order valence-corrected chi connectivity index (χ2v) is 7.30. The first-order chi connectivity index (χ1) is 13.5. The SMILES string of the molecule is COc1ccc(-c2csc(NC(=O)C=Cc3cc(Cl)cc(Cl)c3OC)n2)cc1. The Balaban J connectivity index is 1.70. The summed E-state index contributed by atoms with van der Waals surface area (Å²) in [7, 11) is 3.12. The Morgan fingerprint density at radius 1 is 1.14 bits per heavy atom. The number of amides is 1. The molecule has 0 bridgehead atoms. The topological polar surface area (TPSA) is 60.5 Å². The van der Waals surface area contributed by atoms with Crippen molar-refractivity contribution >= 4 is 51.7 Å². The summed E-state index contributed by atoms with van der Waals surface area (Å²) in [6, 6.07) is 10.8. The number of hydrogen-bond donors (Lipinski definition) is 1. The fourth-order valence-electron chi connectivity index (χ4n) is 2.46. The van der Waals surface area contributed by atoms with Gasteiger partial charge in [-0.15, -0.1) is 11.3 Å². The number of carbonyl (C=O) groups is 1. The number of nitrogens with one attached hydrogen (secondary N) is 1. The number of rotatable bonds is 6. The maximum atomic E-state index is 12.2. The molecule has 28 heavy (non-hydrogen) atoms. The largest absolute Gasteiger partial charge is 0.497 e. The van der Waals surface area contributed by atoms with Gasteiger partial charge in [0.25, 0.3) is 0 Å². The molecule has 0 aliphatic rings. The third kappa shape index (κ3) is 4.84. The monoisotopic (exact) mass is 434 g/mol. The highest BCUT2D eigenvalue weighted by molar-refractivity contribution is 7.14. The van der Waals surface area contributed by atoms with E-state index < -0.39 is 0 Å². The van der Waals surface area contributed by atoms with E-state index >= 15 is 0 Å². The lowest BCUT2D eigenvalue weighted by atomic mass is 10.2. The second-order valence-electron chi connectivity index (χ2n) is 5.60. The molecule has 144 valence electrons. The first-order valence-electron chi connectivity index (χ1n) is 8.12. The van der Waals surface area contributed by atoms with E-state index in [0.717, 1.165) is 17.0 Å². The van der Waals surface area contributed by atoms with Gasteiger partial charge in [-0.25, -0.2) is 4.98 Å². The highest BCUT2D eigenvalue weighted by Crippen LogP contribution is 2.33. The van der Waals surface area contributed by atoms with Crippen LogP contribution in [0.25, 0.3) is 17.3 Å². The fourth-order valence-corrected chi connectivity index (χ4v) is 3.77. The van der Waals surface area contributed by atoms with Crippen molar-refractivity contribution in [1.82, 2.24) is 4.98 Å². The molecule has 0 aliphatic heterocycles. The minimum absolute atomic E-state index is 0.325. The number of methoxy groups -OCH3 is 2. The third-order valence-electron chi connectivity index (χ3n) is 3.78. The molecule has 1 N–H and O–H groups in total. The molecule has 8 heteroatoms. The normalized spacial score (nSPS) is 10.9. The molecule has 0 spiro atoms. The summed E-state index contributed by atoms with van der Waals surface area (Å²) in [5, 5.41) is 5.94. The summed E-state index contributed by atoms with van der Waals surface area (Å²) in [5.41, 5.74) is 2.31. The van der Waals surface area contributed by atoms with Crippen molar-refractivity contribution in [3.05, 3.63) is 63.5 Å². The summed E-state index contributed by atoms with van der Waals surface area (Å²) in [6.45, 7) is 0. The fraction of sp³-hybridized carbons (Fsp3) is 0.100. The maximum Gasteiger partial charge on any atom is 0.250 e. The number of ether oxygens (including phenoxy) is 2. The number of anilines is 1. The van der Waals surface area contributed by atoms with Gasteiger partial charge >= 0.3 is 0 Å². The second kappa shape index (κ2) is 9.10. The molecule has 0 radical (unpaired) electrons. The van der Waals surface area contributed by atoms with Crippen LogP contribution in [-0.2, 0) is 4.79 Å². The number of thiazole rings is 1. The molecule has 0 unspecified atom stereocenters. The molecule has 5 nitrogen and oxygen atoms in total. The lowest BCUT2D eigenvalue weighted by Gasteiger charge is -2.07. The van der Waals surface area contributed by atoms with Crippen molar-refractivity contribution in [3.63, 3.8) is 0 Å². The molecule has 0 saturated carbocycles. The standard InChI is InChI=1S/C20H16Cl2N2O3S/c1-26-15-6-3-12(4-7-15)17-11-28-20(23-17)24-18(25)8-5-13-9-14(21)10-16(22)19(13)27-2/h3-11H,1-2H3,(H,23,24,25). The van der Waals surface area contributed by atoms with Crippen molar-refractivity contribution in [3.8, 4) is 22.8 Å². The van der Waals surface area contributed by atoms with E-state index in [9.17, 15) is 4.79 Å². The number of nitrogens with zero attached hydrogens (tertiary/aromatic N) is 1. The van der Waals surface area contributed by atoms with Crippen LogP contribution >= 0.6 is 34.5 Å². The molecule has 1 aromatic heterocycles. The van der Waals surface area contributed by atoms with Crippen LogP contribution in [0.2, 0.25) is 10.0 Å². The number of carbonyl (C=O) groups excluding carboxylic acids is 1. The minimum Gasteiger partial charge on any atom is -0.497 e. The number of aromatic nitrogens is 1. The molecule has 0 aliphatic carbocycles. The summed E-state index contributed by atoms with van der Waals surface area (Å²) in [4.78, 5) is 16.7. The maximum absolute atomic E-state index is 12.2. The van der Waals surface area contributed by atoms with Crippen LogP contribution in [0.5, 0.6) is 11.5 Å².